The highest BCUT2D eigenvalue weighted by Gasteiger charge is 2.38. The van der Waals surface area contributed by atoms with Crippen molar-refractivity contribution in [1.82, 2.24) is 31.3 Å². The van der Waals surface area contributed by atoms with Gasteiger partial charge in [0.2, 0.25) is 29.6 Å². The zero-order valence-corrected chi connectivity index (χ0v) is 46.8. The molecular formula is C56H74N8O13S. The third kappa shape index (κ3) is 16.4. The SMILES string of the molecule is C/C=C/C[C@H](NC(=O)[C@H](CC(=O)OC(C)(C)C)NC(=O)CNC(=O)[C@H](CCCN=C(N)NS(=O)(=O)c1c(C)c(C)c2c(c1C)CC(C)(C)O2)NC(=O)[C@H](C/C=C/C)NC(=O)OCC1c2ccccc2-c2ccccc21)C(=O)O. The molecule has 2 aliphatic rings. The van der Waals surface area contributed by atoms with Gasteiger partial charge in [-0.2, -0.15) is 0 Å². The predicted octanol–water partition coefficient (Wildman–Crippen LogP) is 4.93. The van der Waals surface area contributed by atoms with Crippen LogP contribution in [-0.2, 0) is 54.7 Å². The summed E-state index contributed by atoms with van der Waals surface area (Å²) in [6.07, 6.45) is 5.06. The molecule has 1 aliphatic heterocycles. The van der Waals surface area contributed by atoms with Crippen LogP contribution in [0.5, 0.6) is 5.75 Å². The summed E-state index contributed by atoms with van der Waals surface area (Å²) in [7, 11) is -4.26. The molecule has 0 unspecified atom stereocenters. The lowest BCUT2D eigenvalue weighted by Crippen LogP contribution is -2.56. The molecule has 21 nitrogen and oxygen atoms in total. The number of carbonyl (C=O) groups is 7. The standard InChI is InChI=1S/C56H74N8O13S/c1-11-13-24-42(63-54(72)75-31-40-37-22-17-15-20-35(37)36-21-16-18-23-38(36)40)50(68)61-41(26-19-27-58-53(57)64-78(73,74)48-33(4)32(3)47-39(34(48)5)29-56(9,10)77-47)49(67)59-30-45(65)60-44(28-46(66)76-55(6,7)8)51(69)62-43(52(70)71)25-14-12-2/h11-18,20-23,40-44H,19,24-31H2,1-10H3,(H,59,67)(H,60,65)(H,61,68)(H,62,69)(H,63,72)(H,70,71)(H3,57,58,64)/b13-11+,14-12+/t41-,42-,43-,44-/m0/s1. The van der Waals surface area contributed by atoms with Crippen molar-refractivity contribution in [1.29, 1.82) is 0 Å². The van der Waals surface area contributed by atoms with Crippen LogP contribution in [0, 0.1) is 20.8 Å². The third-order valence-electron chi connectivity index (χ3n) is 13.0. The first-order valence-electron chi connectivity index (χ1n) is 25.8. The number of ether oxygens (including phenoxy) is 3. The van der Waals surface area contributed by atoms with Gasteiger partial charge in [-0.15, -0.1) is 0 Å². The van der Waals surface area contributed by atoms with Gasteiger partial charge in [0.1, 0.15) is 47.7 Å². The molecule has 3 aromatic carbocycles. The first kappa shape index (κ1) is 61.1. The number of nitrogens with zero attached hydrogens (tertiary/aromatic N) is 1. The van der Waals surface area contributed by atoms with Crippen molar-refractivity contribution in [3.63, 3.8) is 0 Å². The molecule has 5 amide bonds. The minimum Gasteiger partial charge on any atom is -0.487 e. The second-order valence-electron chi connectivity index (χ2n) is 20.8. The van der Waals surface area contributed by atoms with Crippen LogP contribution in [0.1, 0.15) is 120 Å². The minimum absolute atomic E-state index is 0.0176. The van der Waals surface area contributed by atoms with Crippen molar-refractivity contribution in [2.24, 2.45) is 10.7 Å². The highest BCUT2D eigenvalue weighted by molar-refractivity contribution is 7.90. The number of fused-ring (bicyclic) bond motifs is 4. The maximum absolute atomic E-state index is 14.1. The largest absolute Gasteiger partial charge is 0.487 e. The lowest BCUT2D eigenvalue weighted by atomic mass is 9.94. The number of carbonyl (C=O) groups excluding carboxylic acids is 6. The van der Waals surface area contributed by atoms with E-state index >= 15 is 0 Å². The fourth-order valence-electron chi connectivity index (χ4n) is 9.25. The smallest absolute Gasteiger partial charge is 0.407 e. The Morgan fingerprint density at radius 2 is 1.38 bits per heavy atom. The average molecular weight is 1100 g/mol. The van der Waals surface area contributed by atoms with Crippen LogP contribution in [0.25, 0.3) is 11.1 Å². The minimum atomic E-state index is -4.26. The van der Waals surface area contributed by atoms with E-state index in [0.29, 0.717) is 28.9 Å². The molecule has 0 fully saturated rings. The number of hydrogen-bond donors (Lipinski definition) is 8. The molecule has 1 heterocycles. The quantitative estimate of drug-likeness (QED) is 0.0194. The Bertz CT molecular complexity index is 2920. The second kappa shape index (κ2) is 26.5. The van der Waals surface area contributed by atoms with E-state index in [1.807, 2.05) is 62.4 Å². The van der Waals surface area contributed by atoms with E-state index in [1.54, 1.807) is 73.6 Å². The molecule has 0 saturated heterocycles. The molecule has 0 bridgehead atoms. The molecule has 3 aromatic rings. The Hall–Kier alpha value is -7.75. The zero-order valence-electron chi connectivity index (χ0n) is 46.0. The molecule has 422 valence electrons. The predicted molar refractivity (Wildman–Crippen MR) is 293 cm³/mol. The lowest BCUT2D eigenvalue weighted by molar-refractivity contribution is -0.156. The number of nitrogens with one attached hydrogen (secondary N) is 6. The highest BCUT2D eigenvalue weighted by Crippen LogP contribution is 2.45. The van der Waals surface area contributed by atoms with Gasteiger partial charge in [0.05, 0.1) is 17.9 Å². The number of aliphatic carboxylic acids is 1. The fraction of sp³-hybridized carbons (Fsp3) is 0.464. The van der Waals surface area contributed by atoms with E-state index in [2.05, 4.69) is 36.3 Å². The lowest BCUT2D eigenvalue weighted by Gasteiger charge is -2.24. The van der Waals surface area contributed by atoms with E-state index < -0.39 is 106 Å². The second-order valence-corrected chi connectivity index (χ2v) is 22.4. The summed E-state index contributed by atoms with van der Waals surface area (Å²) in [4.78, 5) is 97.6. The monoisotopic (exact) mass is 1100 g/mol. The van der Waals surface area contributed by atoms with Crippen molar-refractivity contribution >= 4 is 57.6 Å². The topological polar surface area (TPSA) is 312 Å². The molecule has 1 aliphatic carbocycles. The number of aliphatic imine (C=N–C) groups is 1. The van der Waals surface area contributed by atoms with Crippen LogP contribution < -0.4 is 41.8 Å². The Morgan fingerprint density at radius 3 is 1.97 bits per heavy atom. The Balaban J connectivity index is 1.32. The average Bonchev–Trinajstić information content (AvgIpc) is 4.01. The zero-order chi connectivity index (χ0) is 57.7. The van der Waals surface area contributed by atoms with Crippen LogP contribution in [0.15, 0.2) is 82.7 Å². The summed E-state index contributed by atoms with van der Waals surface area (Å²) in [6, 6.07) is 9.88. The molecule has 5 rings (SSSR count). The van der Waals surface area contributed by atoms with Crippen LogP contribution >= 0.6 is 0 Å². The number of esters is 1. The fourth-order valence-corrected chi connectivity index (χ4v) is 10.8. The van der Waals surface area contributed by atoms with Gasteiger partial charge in [-0.05, 0) is 134 Å². The summed E-state index contributed by atoms with van der Waals surface area (Å²) in [5.41, 5.74) is 11.1. The number of amides is 5. The summed E-state index contributed by atoms with van der Waals surface area (Å²) < 4.78 is 47.3. The molecule has 4 atom stereocenters. The van der Waals surface area contributed by atoms with Gasteiger partial charge in [-0.25, -0.2) is 22.7 Å². The number of alkyl carbamates (subject to hydrolysis) is 1. The maximum Gasteiger partial charge on any atom is 0.407 e. The number of sulfonamides is 1. The highest BCUT2D eigenvalue weighted by atomic mass is 32.2. The van der Waals surface area contributed by atoms with Gasteiger partial charge in [-0.1, -0.05) is 72.8 Å². The van der Waals surface area contributed by atoms with Crippen LogP contribution in [0.2, 0.25) is 0 Å². The number of allylic oxidation sites excluding steroid dienone is 2. The van der Waals surface area contributed by atoms with E-state index in [-0.39, 0.29) is 49.6 Å². The van der Waals surface area contributed by atoms with E-state index in [1.165, 1.54) is 6.08 Å². The van der Waals surface area contributed by atoms with E-state index in [4.69, 9.17) is 19.9 Å². The molecule has 78 heavy (non-hydrogen) atoms. The van der Waals surface area contributed by atoms with Gasteiger partial charge in [-0.3, -0.25) is 29.0 Å². The molecule has 0 spiro atoms. The van der Waals surface area contributed by atoms with Gasteiger partial charge in [0, 0.05) is 24.4 Å². The van der Waals surface area contributed by atoms with Crippen LogP contribution in [-0.4, -0.2) is 116 Å². The molecule has 0 saturated carbocycles. The number of rotatable bonds is 24. The van der Waals surface area contributed by atoms with E-state index in [0.717, 1.165) is 27.8 Å². The Morgan fingerprint density at radius 1 is 0.808 bits per heavy atom. The van der Waals surface area contributed by atoms with Crippen molar-refractivity contribution in [3.05, 3.63) is 106 Å². The molecular weight excluding hydrogens is 1020 g/mol. The summed E-state index contributed by atoms with van der Waals surface area (Å²) in [5.74, 6) is -5.97. The van der Waals surface area contributed by atoms with Crippen molar-refractivity contribution in [3.8, 4) is 16.9 Å². The Labute approximate surface area is 456 Å². The number of guanidine groups is 1. The summed E-state index contributed by atoms with van der Waals surface area (Å²) >= 11 is 0. The van der Waals surface area contributed by atoms with Crippen molar-refractivity contribution < 1.29 is 61.3 Å². The molecule has 0 aromatic heterocycles. The van der Waals surface area contributed by atoms with Gasteiger partial charge >= 0.3 is 18.0 Å². The third-order valence-corrected chi connectivity index (χ3v) is 14.6. The number of hydrogen-bond acceptors (Lipinski definition) is 13. The molecule has 22 heteroatoms. The number of nitrogens with two attached hydrogens (primary N) is 1. The van der Waals surface area contributed by atoms with Gasteiger partial charge in [0.15, 0.2) is 0 Å². The van der Waals surface area contributed by atoms with Crippen molar-refractivity contribution in [2.75, 3.05) is 19.7 Å². The van der Waals surface area contributed by atoms with Crippen molar-refractivity contribution in [2.45, 2.75) is 154 Å². The number of carboxylic acid groups (broad SMARTS) is 1. The van der Waals surface area contributed by atoms with Gasteiger partial charge < -0.3 is 51.6 Å². The van der Waals surface area contributed by atoms with Gasteiger partial charge in [0.25, 0.3) is 10.0 Å². The molecule has 0 radical (unpaired) electrons. The Kier molecular flexibility index (Phi) is 20.8. The normalized spacial score (nSPS) is 15.4. The summed E-state index contributed by atoms with van der Waals surface area (Å²) in [6.45, 7) is 16.2. The first-order chi connectivity index (χ1) is 36.7. The number of carboxylic acids is 1. The number of benzene rings is 3. The molecule has 9 N–H and O–H groups in total. The summed E-state index contributed by atoms with van der Waals surface area (Å²) in [5, 5.41) is 22.1. The van der Waals surface area contributed by atoms with Crippen LogP contribution in [0.4, 0.5) is 4.79 Å². The van der Waals surface area contributed by atoms with E-state index in [9.17, 15) is 47.1 Å². The maximum atomic E-state index is 14.1. The van der Waals surface area contributed by atoms with Crippen LogP contribution in [0.3, 0.4) is 0 Å². The first-order valence-corrected chi connectivity index (χ1v) is 27.3.